The molecule has 6 heteroatoms. The zero-order valence-corrected chi connectivity index (χ0v) is 21.4. The Kier molecular flexibility index (Phi) is 6.53. The highest BCUT2D eigenvalue weighted by molar-refractivity contribution is 6.31. The number of benzene rings is 3. The second kappa shape index (κ2) is 9.28. The molecule has 0 saturated heterocycles. The van der Waals surface area contributed by atoms with Crippen molar-refractivity contribution in [1.29, 1.82) is 5.26 Å². The summed E-state index contributed by atoms with van der Waals surface area (Å²) in [7, 11) is 1.89. The highest BCUT2D eigenvalue weighted by Crippen LogP contribution is 2.55. The molecular formula is C29H30ClN3O2. The first kappa shape index (κ1) is 24.6. The van der Waals surface area contributed by atoms with E-state index in [0.717, 1.165) is 16.8 Å². The molecule has 1 amide bonds. The maximum Gasteiger partial charge on any atom is 0.251 e. The molecule has 180 valence electrons. The first-order chi connectivity index (χ1) is 16.6. The number of amides is 1. The molecule has 4 rings (SSSR count). The van der Waals surface area contributed by atoms with Gasteiger partial charge in [0.25, 0.3) is 5.91 Å². The lowest BCUT2D eigenvalue weighted by Gasteiger charge is -2.63. The Morgan fingerprint density at radius 3 is 2.03 bits per heavy atom. The van der Waals surface area contributed by atoms with Gasteiger partial charge < -0.3 is 15.4 Å². The molecule has 1 fully saturated rings. The molecule has 3 aromatic carbocycles. The fourth-order valence-corrected chi connectivity index (χ4v) is 5.67. The average Bonchev–Trinajstić information content (AvgIpc) is 2.85. The van der Waals surface area contributed by atoms with Gasteiger partial charge in [0.2, 0.25) is 0 Å². The van der Waals surface area contributed by atoms with Crippen molar-refractivity contribution in [3.05, 3.63) is 82.9 Å². The van der Waals surface area contributed by atoms with Crippen molar-refractivity contribution >= 4 is 23.2 Å². The van der Waals surface area contributed by atoms with Gasteiger partial charge in [-0.25, -0.2) is 0 Å². The lowest BCUT2D eigenvalue weighted by Crippen LogP contribution is -2.74. The summed E-state index contributed by atoms with van der Waals surface area (Å²) < 4.78 is 6.31. The van der Waals surface area contributed by atoms with Crippen LogP contribution in [0.2, 0.25) is 5.02 Å². The minimum Gasteiger partial charge on any atom is -0.489 e. The van der Waals surface area contributed by atoms with Crippen molar-refractivity contribution < 1.29 is 9.53 Å². The monoisotopic (exact) mass is 487 g/mol. The summed E-state index contributed by atoms with van der Waals surface area (Å²) in [4.78, 5) is 13.1. The van der Waals surface area contributed by atoms with Crippen LogP contribution in [0.3, 0.4) is 0 Å². The number of nitriles is 1. The lowest BCUT2D eigenvalue weighted by atomic mass is 9.49. The lowest BCUT2D eigenvalue weighted by molar-refractivity contribution is -0.164. The van der Waals surface area contributed by atoms with Crippen LogP contribution in [0, 0.1) is 22.2 Å². The maximum absolute atomic E-state index is 13.1. The molecule has 3 aromatic rings. The molecule has 5 nitrogen and oxygen atoms in total. The molecule has 0 atom stereocenters. The number of carbonyl (C=O) groups is 1. The minimum absolute atomic E-state index is 0.0879. The van der Waals surface area contributed by atoms with Crippen LogP contribution in [0.15, 0.2) is 66.7 Å². The number of nitrogens with one attached hydrogen (secondary N) is 2. The molecule has 0 heterocycles. The van der Waals surface area contributed by atoms with Crippen LogP contribution in [-0.2, 0) is 0 Å². The molecule has 1 aliphatic carbocycles. The van der Waals surface area contributed by atoms with Crippen LogP contribution < -0.4 is 15.4 Å². The second-order valence-corrected chi connectivity index (χ2v) is 10.6. The van der Waals surface area contributed by atoms with Gasteiger partial charge >= 0.3 is 0 Å². The number of hydrogen-bond donors (Lipinski definition) is 2. The number of ether oxygens (including phenoxy) is 1. The molecule has 0 aliphatic heterocycles. The molecule has 1 saturated carbocycles. The quantitative estimate of drug-likeness (QED) is 0.414. The Bertz CT molecular complexity index is 1260. The molecule has 0 unspecified atom stereocenters. The molecule has 0 radical (unpaired) electrons. The normalized spacial score (nSPS) is 19.7. The Labute approximate surface area is 212 Å². The van der Waals surface area contributed by atoms with Gasteiger partial charge in [-0.2, -0.15) is 5.26 Å². The van der Waals surface area contributed by atoms with E-state index in [1.54, 1.807) is 18.2 Å². The van der Waals surface area contributed by atoms with Gasteiger partial charge in [0.15, 0.2) is 0 Å². The van der Waals surface area contributed by atoms with E-state index in [9.17, 15) is 4.79 Å². The fraction of sp³-hybridized carbons (Fsp3) is 0.310. The molecule has 2 N–H and O–H groups in total. The van der Waals surface area contributed by atoms with Crippen LogP contribution in [0.5, 0.6) is 5.75 Å². The van der Waals surface area contributed by atoms with Crippen LogP contribution in [0.1, 0.15) is 43.6 Å². The zero-order chi connectivity index (χ0) is 25.4. The summed E-state index contributed by atoms with van der Waals surface area (Å²) in [5, 5.41) is 15.8. The number of nitrogens with zero attached hydrogens (tertiary/aromatic N) is 1. The van der Waals surface area contributed by atoms with Crippen molar-refractivity contribution in [2.45, 2.75) is 39.8 Å². The first-order valence-electron chi connectivity index (χ1n) is 11.6. The molecule has 1 aliphatic rings. The van der Waals surface area contributed by atoms with Crippen LogP contribution in [-0.4, -0.2) is 25.1 Å². The van der Waals surface area contributed by atoms with E-state index in [1.165, 1.54) is 0 Å². The van der Waals surface area contributed by atoms with Gasteiger partial charge in [-0.3, -0.25) is 4.79 Å². The number of halogens is 1. The Hall–Kier alpha value is -3.49. The Morgan fingerprint density at radius 1 is 0.943 bits per heavy atom. The van der Waals surface area contributed by atoms with E-state index in [1.807, 2.05) is 43.4 Å². The number of rotatable bonds is 6. The number of anilines is 1. The van der Waals surface area contributed by atoms with Crippen LogP contribution in [0.4, 0.5) is 5.69 Å². The number of carbonyl (C=O) groups excluding carboxylic acids is 1. The Balaban J connectivity index is 1.45. The molecule has 0 spiro atoms. The van der Waals surface area contributed by atoms with Gasteiger partial charge in [0, 0.05) is 41.2 Å². The minimum atomic E-state index is -0.311. The van der Waals surface area contributed by atoms with E-state index < -0.39 is 0 Å². The highest BCUT2D eigenvalue weighted by Gasteiger charge is 2.64. The summed E-state index contributed by atoms with van der Waals surface area (Å²) in [5.41, 5.74) is 3.62. The second-order valence-electron chi connectivity index (χ2n) is 10.2. The van der Waals surface area contributed by atoms with Crippen molar-refractivity contribution in [2.75, 3.05) is 12.4 Å². The topological polar surface area (TPSA) is 74.2 Å². The fourth-order valence-electron chi connectivity index (χ4n) is 5.45. The van der Waals surface area contributed by atoms with E-state index in [-0.39, 0.29) is 28.9 Å². The Morgan fingerprint density at radius 2 is 1.51 bits per heavy atom. The van der Waals surface area contributed by atoms with E-state index in [2.05, 4.69) is 56.5 Å². The van der Waals surface area contributed by atoms with Crippen LogP contribution in [0.25, 0.3) is 11.1 Å². The van der Waals surface area contributed by atoms with E-state index in [4.69, 9.17) is 21.6 Å². The molecule has 0 bridgehead atoms. The predicted octanol–water partition coefficient (Wildman–Crippen LogP) is 6.53. The smallest absolute Gasteiger partial charge is 0.251 e. The van der Waals surface area contributed by atoms with Crippen molar-refractivity contribution in [3.63, 3.8) is 0 Å². The van der Waals surface area contributed by atoms with Gasteiger partial charge in [-0.05, 0) is 47.5 Å². The molecule has 0 aromatic heterocycles. The standard InChI is InChI=1S/C29H30ClN3O2/c1-28(2)26(29(3,4)27(28)35-23-15-12-21(17-31)24(30)16-23)33-25(34)20-8-6-18(7-9-20)19-10-13-22(32-5)14-11-19/h6-16,26-27,32H,1-5H3,(H,33,34)/t26-,27-. The van der Waals surface area contributed by atoms with Gasteiger partial charge in [0.1, 0.15) is 17.9 Å². The summed E-state index contributed by atoms with van der Waals surface area (Å²) in [6.45, 7) is 8.38. The maximum atomic E-state index is 13.1. The largest absolute Gasteiger partial charge is 0.489 e. The molecular weight excluding hydrogens is 458 g/mol. The third-order valence-electron chi connectivity index (χ3n) is 7.08. The molecule has 35 heavy (non-hydrogen) atoms. The summed E-state index contributed by atoms with van der Waals surface area (Å²) in [6, 6.07) is 22.9. The van der Waals surface area contributed by atoms with E-state index >= 15 is 0 Å². The highest BCUT2D eigenvalue weighted by atomic mass is 35.5. The summed E-state index contributed by atoms with van der Waals surface area (Å²) in [5.74, 6) is 0.511. The predicted molar refractivity (Wildman–Crippen MR) is 141 cm³/mol. The van der Waals surface area contributed by atoms with Gasteiger partial charge in [-0.15, -0.1) is 0 Å². The van der Waals surface area contributed by atoms with Crippen molar-refractivity contribution in [3.8, 4) is 22.9 Å². The first-order valence-corrected chi connectivity index (χ1v) is 12.0. The van der Waals surface area contributed by atoms with Gasteiger partial charge in [0.05, 0.1) is 10.6 Å². The van der Waals surface area contributed by atoms with E-state index in [0.29, 0.717) is 21.9 Å². The van der Waals surface area contributed by atoms with Crippen molar-refractivity contribution in [2.24, 2.45) is 10.8 Å². The zero-order valence-electron chi connectivity index (χ0n) is 20.6. The van der Waals surface area contributed by atoms with Gasteiger partial charge in [-0.1, -0.05) is 63.6 Å². The summed E-state index contributed by atoms with van der Waals surface area (Å²) >= 11 is 6.18. The summed E-state index contributed by atoms with van der Waals surface area (Å²) in [6.07, 6.45) is -0.146. The number of hydrogen-bond acceptors (Lipinski definition) is 4. The third kappa shape index (κ3) is 4.59. The average molecular weight is 488 g/mol. The third-order valence-corrected chi connectivity index (χ3v) is 7.40. The van der Waals surface area contributed by atoms with Crippen molar-refractivity contribution in [1.82, 2.24) is 5.32 Å². The SMILES string of the molecule is CNc1ccc(-c2ccc(C(=O)N[C@H]3C(C)(C)[C@H](Oc4ccc(C#N)c(Cl)c4)C3(C)C)cc2)cc1. The van der Waals surface area contributed by atoms with Crippen LogP contribution >= 0.6 is 11.6 Å².